The summed E-state index contributed by atoms with van der Waals surface area (Å²) in [6.45, 7) is 1.99. The van der Waals surface area contributed by atoms with Crippen LogP contribution in [-0.4, -0.2) is 32.2 Å². The molecule has 0 aliphatic heterocycles. The smallest absolute Gasteiger partial charge is 0.261 e. The van der Waals surface area contributed by atoms with Gasteiger partial charge in [-0.3, -0.25) is 0 Å². The molecular formula is C14H19F4NO. The molecule has 1 atom stereocenters. The van der Waals surface area contributed by atoms with Crippen molar-refractivity contribution in [3.05, 3.63) is 35.4 Å². The third kappa shape index (κ3) is 5.88. The van der Waals surface area contributed by atoms with Crippen molar-refractivity contribution in [3.63, 3.8) is 0 Å². The second kappa shape index (κ2) is 8.92. The van der Waals surface area contributed by atoms with Crippen LogP contribution in [0.1, 0.15) is 18.9 Å². The van der Waals surface area contributed by atoms with Crippen LogP contribution in [0.2, 0.25) is 0 Å². The van der Waals surface area contributed by atoms with Crippen molar-refractivity contribution in [2.45, 2.75) is 32.2 Å². The normalized spacial score (nSPS) is 12.9. The van der Waals surface area contributed by atoms with Crippen molar-refractivity contribution < 1.29 is 22.3 Å². The molecule has 0 radical (unpaired) electrons. The highest BCUT2D eigenvalue weighted by molar-refractivity contribution is 5.20. The first kappa shape index (κ1) is 16.9. The maximum absolute atomic E-state index is 13.5. The molecule has 0 heterocycles. The Hall–Kier alpha value is -1.14. The maximum atomic E-state index is 13.5. The van der Waals surface area contributed by atoms with E-state index >= 15 is 0 Å². The lowest BCUT2D eigenvalue weighted by atomic mass is 10.0. The highest BCUT2D eigenvalue weighted by Crippen LogP contribution is 2.15. The molecule has 0 aliphatic rings. The molecule has 0 aliphatic carbocycles. The largest absolute Gasteiger partial charge is 0.375 e. The van der Waals surface area contributed by atoms with Crippen molar-refractivity contribution in [2.24, 2.45) is 0 Å². The number of rotatable bonds is 9. The van der Waals surface area contributed by atoms with E-state index in [-0.39, 0.29) is 24.6 Å². The molecule has 114 valence electrons. The van der Waals surface area contributed by atoms with Gasteiger partial charge in [-0.2, -0.15) is 0 Å². The van der Waals surface area contributed by atoms with Crippen LogP contribution in [0.25, 0.3) is 0 Å². The van der Waals surface area contributed by atoms with Gasteiger partial charge in [-0.25, -0.2) is 17.6 Å². The van der Waals surface area contributed by atoms with Crippen LogP contribution in [-0.2, 0) is 11.2 Å². The molecular weight excluding hydrogens is 274 g/mol. The molecule has 0 saturated carbocycles. The number of benzene rings is 1. The molecule has 0 aromatic heterocycles. The third-order valence-corrected chi connectivity index (χ3v) is 2.86. The van der Waals surface area contributed by atoms with Crippen LogP contribution in [0.5, 0.6) is 0 Å². The summed E-state index contributed by atoms with van der Waals surface area (Å²) in [5.41, 5.74) is 0.00677. The van der Waals surface area contributed by atoms with Crippen LogP contribution >= 0.6 is 0 Å². The summed E-state index contributed by atoms with van der Waals surface area (Å²) in [6, 6.07) is 3.50. The Morgan fingerprint density at radius 2 is 1.85 bits per heavy atom. The fourth-order valence-electron chi connectivity index (χ4n) is 1.94. The zero-order valence-corrected chi connectivity index (χ0v) is 11.3. The highest BCUT2D eigenvalue weighted by Gasteiger charge is 2.15. The summed E-state index contributed by atoms with van der Waals surface area (Å²) >= 11 is 0. The molecule has 1 N–H and O–H groups in total. The van der Waals surface area contributed by atoms with Gasteiger partial charge in [0.25, 0.3) is 6.43 Å². The Balaban J connectivity index is 2.53. The Bertz CT molecular complexity index is 381. The van der Waals surface area contributed by atoms with E-state index in [1.807, 2.05) is 6.92 Å². The number of likely N-dealkylation sites (N-methyl/N-ethyl adjacent to an activating group) is 1. The third-order valence-electron chi connectivity index (χ3n) is 2.86. The van der Waals surface area contributed by atoms with Gasteiger partial charge in [-0.1, -0.05) is 13.0 Å². The van der Waals surface area contributed by atoms with Crippen molar-refractivity contribution in [3.8, 4) is 0 Å². The van der Waals surface area contributed by atoms with E-state index in [9.17, 15) is 17.6 Å². The SMILES string of the molecule is CCNC(CCOCC(F)F)Cc1c(F)cccc1F. The first-order valence-electron chi connectivity index (χ1n) is 6.56. The molecule has 0 spiro atoms. The monoisotopic (exact) mass is 293 g/mol. The molecule has 1 aromatic rings. The van der Waals surface area contributed by atoms with E-state index in [4.69, 9.17) is 4.74 Å². The molecule has 0 fully saturated rings. The molecule has 0 bridgehead atoms. The maximum Gasteiger partial charge on any atom is 0.261 e. The molecule has 6 heteroatoms. The zero-order chi connectivity index (χ0) is 15.0. The van der Waals surface area contributed by atoms with Gasteiger partial charge >= 0.3 is 0 Å². The van der Waals surface area contributed by atoms with Gasteiger partial charge in [0.05, 0.1) is 0 Å². The highest BCUT2D eigenvalue weighted by atomic mass is 19.3. The van der Waals surface area contributed by atoms with E-state index in [0.29, 0.717) is 13.0 Å². The number of halogens is 4. The summed E-state index contributed by atoms with van der Waals surface area (Å²) in [7, 11) is 0. The topological polar surface area (TPSA) is 21.3 Å². The van der Waals surface area contributed by atoms with Gasteiger partial charge in [0.2, 0.25) is 0 Å². The first-order valence-corrected chi connectivity index (χ1v) is 6.56. The average Bonchev–Trinajstić information content (AvgIpc) is 2.38. The Morgan fingerprint density at radius 3 is 2.40 bits per heavy atom. The van der Waals surface area contributed by atoms with E-state index in [2.05, 4.69) is 5.32 Å². The first-order chi connectivity index (χ1) is 9.54. The summed E-state index contributed by atoms with van der Waals surface area (Å²) in [4.78, 5) is 0. The summed E-state index contributed by atoms with van der Waals surface area (Å²) in [6.07, 6.45) is -1.93. The number of ether oxygens (including phenoxy) is 1. The van der Waals surface area contributed by atoms with Crippen molar-refractivity contribution in [1.82, 2.24) is 5.32 Å². The Kier molecular flexibility index (Phi) is 7.54. The predicted octanol–water partition coefficient (Wildman–Crippen LogP) is 3.16. The number of nitrogens with one attached hydrogen (secondary N) is 1. The fraction of sp³-hybridized carbons (Fsp3) is 0.571. The minimum Gasteiger partial charge on any atom is -0.375 e. The average molecular weight is 293 g/mol. The summed E-state index contributed by atoms with van der Waals surface area (Å²) in [5.74, 6) is -1.19. The number of hydrogen-bond acceptors (Lipinski definition) is 2. The van der Waals surface area contributed by atoms with E-state index in [1.54, 1.807) is 0 Å². The fourth-order valence-corrected chi connectivity index (χ4v) is 1.94. The van der Waals surface area contributed by atoms with E-state index in [0.717, 1.165) is 0 Å². The second-order valence-electron chi connectivity index (χ2n) is 4.41. The quantitative estimate of drug-likeness (QED) is 0.558. The molecule has 20 heavy (non-hydrogen) atoms. The van der Waals surface area contributed by atoms with Crippen LogP contribution in [0, 0.1) is 11.6 Å². The second-order valence-corrected chi connectivity index (χ2v) is 4.41. The van der Waals surface area contributed by atoms with Gasteiger partial charge in [-0.15, -0.1) is 0 Å². The van der Waals surface area contributed by atoms with Crippen molar-refractivity contribution >= 4 is 0 Å². The standard InChI is InChI=1S/C14H19F4NO/c1-2-19-10(6-7-20-9-14(17)18)8-11-12(15)4-3-5-13(11)16/h3-5,10,14,19H,2,6-9H2,1H3. The lowest BCUT2D eigenvalue weighted by molar-refractivity contribution is 0.0144. The molecule has 1 rings (SSSR count). The summed E-state index contributed by atoms with van der Waals surface area (Å²) < 4.78 is 55.7. The molecule has 0 amide bonds. The molecule has 0 saturated heterocycles. The van der Waals surface area contributed by atoms with Crippen LogP contribution < -0.4 is 5.32 Å². The Labute approximate surface area is 116 Å². The number of alkyl halides is 2. The van der Waals surface area contributed by atoms with Crippen LogP contribution in [0.4, 0.5) is 17.6 Å². The Morgan fingerprint density at radius 1 is 1.20 bits per heavy atom. The van der Waals surface area contributed by atoms with Crippen molar-refractivity contribution in [1.29, 1.82) is 0 Å². The predicted molar refractivity (Wildman–Crippen MR) is 69.0 cm³/mol. The van der Waals surface area contributed by atoms with E-state index in [1.165, 1.54) is 18.2 Å². The van der Waals surface area contributed by atoms with Gasteiger partial charge in [-0.05, 0) is 31.5 Å². The van der Waals surface area contributed by atoms with Gasteiger partial charge in [0.1, 0.15) is 18.2 Å². The number of hydrogen-bond donors (Lipinski definition) is 1. The van der Waals surface area contributed by atoms with Crippen molar-refractivity contribution in [2.75, 3.05) is 19.8 Å². The lowest BCUT2D eigenvalue weighted by Gasteiger charge is -2.18. The molecule has 2 nitrogen and oxygen atoms in total. The zero-order valence-electron chi connectivity index (χ0n) is 11.3. The minimum absolute atomic E-state index is 0.00677. The van der Waals surface area contributed by atoms with E-state index < -0.39 is 24.7 Å². The molecule has 1 aromatic carbocycles. The lowest BCUT2D eigenvalue weighted by Crippen LogP contribution is -2.33. The van der Waals surface area contributed by atoms with Crippen LogP contribution in [0.3, 0.4) is 0 Å². The van der Waals surface area contributed by atoms with Gasteiger partial charge < -0.3 is 10.1 Å². The van der Waals surface area contributed by atoms with Crippen LogP contribution in [0.15, 0.2) is 18.2 Å². The van der Waals surface area contributed by atoms with Gasteiger partial charge in [0, 0.05) is 18.2 Å². The summed E-state index contributed by atoms with van der Waals surface area (Å²) in [5, 5.41) is 3.07. The minimum atomic E-state index is -2.50. The molecule has 1 unspecified atom stereocenters. The van der Waals surface area contributed by atoms with Gasteiger partial charge in [0.15, 0.2) is 0 Å².